The summed E-state index contributed by atoms with van der Waals surface area (Å²) in [5.41, 5.74) is 0. The molecule has 0 amide bonds. The van der Waals surface area contributed by atoms with Crippen LogP contribution < -0.4 is 4.72 Å². The summed E-state index contributed by atoms with van der Waals surface area (Å²) in [7, 11) is -3.74. The molecule has 0 aliphatic carbocycles. The summed E-state index contributed by atoms with van der Waals surface area (Å²) in [6.45, 7) is -0.125. The lowest BCUT2D eigenvalue weighted by Crippen LogP contribution is -2.28. The number of sulfonamides is 1. The molecule has 2 aromatic rings. The maximum absolute atomic E-state index is 12.7. The van der Waals surface area contributed by atoms with Crippen LogP contribution in [0.5, 0.6) is 0 Å². The normalized spacial score (nSPS) is 13.4. The predicted molar refractivity (Wildman–Crippen MR) is 70.9 cm³/mol. The molecule has 1 aromatic heterocycles. The van der Waals surface area contributed by atoms with Gasteiger partial charge in [-0.15, -0.1) is 11.3 Å². The number of aliphatic hydroxyl groups excluding tert-OH is 1. The van der Waals surface area contributed by atoms with Crippen molar-refractivity contribution in [2.45, 2.75) is 11.0 Å². The second-order valence-electron chi connectivity index (χ2n) is 3.84. The summed E-state index contributed by atoms with van der Waals surface area (Å²) in [4.78, 5) is 0.647. The number of rotatable bonds is 5. The quantitative estimate of drug-likeness (QED) is 0.886. The summed E-state index contributed by atoms with van der Waals surface area (Å²) in [6, 6.07) is 8.00. The lowest BCUT2D eigenvalue weighted by molar-refractivity contribution is 0.186. The van der Waals surface area contributed by atoms with Gasteiger partial charge in [0.05, 0.1) is 4.90 Å². The molecule has 0 saturated carbocycles. The van der Waals surface area contributed by atoms with Gasteiger partial charge in [0.25, 0.3) is 0 Å². The van der Waals surface area contributed by atoms with Crippen LogP contribution in [0.25, 0.3) is 0 Å². The Labute approximate surface area is 114 Å². The van der Waals surface area contributed by atoms with Crippen molar-refractivity contribution in [1.29, 1.82) is 0 Å². The number of benzene rings is 1. The molecule has 7 heteroatoms. The molecule has 2 rings (SSSR count). The van der Waals surface area contributed by atoms with Gasteiger partial charge in [-0.05, 0) is 35.7 Å². The van der Waals surface area contributed by atoms with Crippen molar-refractivity contribution in [2.24, 2.45) is 0 Å². The van der Waals surface area contributed by atoms with Crippen molar-refractivity contribution in [3.63, 3.8) is 0 Å². The number of aliphatic hydroxyl groups is 1. The minimum atomic E-state index is -3.74. The van der Waals surface area contributed by atoms with Crippen LogP contribution in [0, 0.1) is 5.82 Å². The molecule has 0 radical (unpaired) electrons. The van der Waals surface area contributed by atoms with Crippen LogP contribution in [0.3, 0.4) is 0 Å². The van der Waals surface area contributed by atoms with Crippen molar-refractivity contribution in [3.8, 4) is 0 Å². The zero-order chi connectivity index (χ0) is 13.9. The van der Waals surface area contributed by atoms with Gasteiger partial charge in [-0.2, -0.15) is 0 Å². The van der Waals surface area contributed by atoms with Gasteiger partial charge in [0.2, 0.25) is 10.0 Å². The largest absolute Gasteiger partial charge is 0.386 e. The first kappa shape index (κ1) is 14.1. The molecule has 0 bridgehead atoms. The number of thiophene rings is 1. The molecule has 1 aromatic carbocycles. The Bertz CT molecular complexity index is 624. The van der Waals surface area contributed by atoms with Gasteiger partial charge in [-0.1, -0.05) is 6.07 Å². The smallest absolute Gasteiger partial charge is 0.240 e. The van der Waals surface area contributed by atoms with E-state index in [1.165, 1.54) is 23.5 Å². The minimum Gasteiger partial charge on any atom is -0.386 e. The Morgan fingerprint density at radius 3 is 2.53 bits per heavy atom. The molecule has 4 nitrogen and oxygen atoms in total. The van der Waals surface area contributed by atoms with Gasteiger partial charge in [-0.3, -0.25) is 0 Å². The third-order valence-electron chi connectivity index (χ3n) is 2.46. The van der Waals surface area contributed by atoms with E-state index in [9.17, 15) is 17.9 Å². The van der Waals surface area contributed by atoms with Gasteiger partial charge in [0, 0.05) is 11.4 Å². The fourth-order valence-electron chi connectivity index (χ4n) is 1.47. The zero-order valence-corrected chi connectivity index (χ0v) is 11.4. The molecule has 0 saturated heterocycles. The summed E-state index contributed by atoms with van der Waals surface area (Å²) >= 11 is 1.34. The molecule has 2 N–H and O–H groups in total. The van der Waals surface area contributed by atoms with Crippen molar-refractivity contribution in [2.75, 3.05) is 6.54 Å². The van der Waals surface area contributed by atoms with Crippen LogP contribution >= 0.6 is 11.3 Å². The van der Waals surface area contributed by atoms with Crippen molar-refractivity contribution >= 4 is 21.4 Å². The highest BCUT2D eigenvalue weighted by Gasteiger charge is 2.17. The van der Waals surface area contributed by atoms with E-state index in [1.54, 1.807) is 17.5 Å². The predicted octanol–water partition coefficient (Wildman–Crippen LogP) is 1.90. The Morgan fingerprint density at radius 2 is 1.95 bits per heavy atom. The molecule has 0 aliphatic rings. The van der Waals surface area contributed by atoms with Crippen LogP contribution in [0.2, 0.25) is 0 Å². The fraction of sp³-hybridized carbons (Fsp3) is 0.167. The van der Waals surface area contributed by atoms with E-state index in [4.69, 9.17) is 0 Å². The zero-order valence-electron chi connectivity index (χ0n) is 9.78. The Balaban J connectivity index is 2.04. The van der Waals surface area contributed by atoms with Crippen LogP contribution in [-0.2, 0) is 10.0 Å². The first-order valence-electron chi connectivity index (χ1n) is 5.46. The highest BCUT2D eigenvalue weighted by Crippen LogP contribution is 2.18. The number of hydrogen-bond donors (Lipinski definition) is 2. The highest BCUT2D eigenvalue weighted by atomic mass is 32.2. The summed E-state index contributed by atoms with van der Waals surface area (Å²) in [5.74, 6) is -0.502. The van der Waals surface area contributed by atoms with E-state index >= 15 is 0 Å². The molecule has 1 heterocycles. The highest BCUT2D eigenvalue weighted by molar-refractivity contribution is 7.89. The fourth-order valence-corrected chi connectivity index (χ4v) is 3.22. The monoisotopic (exact) mass is 301 g/mol. The van der Waals surface area contributed by atoms with E-state index in [0.29, 0.717) is 4.88 Å². The Hall–Kier alpha value is -1.28. The van der Waals surface area contributed by atoms with Crippen molar-refractivity contribution in [1.82, 2.24) is 4.72 Å². The van der Waals surface area contributed by atoms with E-state index in [0.717, 1.165) is 12.1 Å². The molecule has 1 atom stereocenters. The lowest BCUT2D eigenvalue weighted by Gasteiger charge is -2.10. The molecule has 0 spiro atoms. The molecular formula is C12H12FNO3S2. The summed E-state index contributed by atoms with van der Waals surface area (Å²) in [5, 5.41) is 11.6. The van der Waals surface area contributed by atoms with E-state index in [2.05, 4.69) is 4.72 Å². The van der Waals surface area contributed by atoms with Crippen LogP contribution in [0.15, 0.2) is 46.7 Å². The average molecular weight is 301 g/mol. The van der Waals surface area contributed by atoms with Gasteiger partial charge in [-0.25, -0.2) is 17.5 Å². The number of nitrogens with one attached hydrogen (secondary N) is 1. The standard InChI is InChI=1S/C12H12FNO3S2/c13-9-3-5-10(6-4-9)19(16,17)14-8-11(15)12-2-1-7-18-12/h1-7,11,14-15H,8H2. The number of halogens is 1. The molecular weight excluding hydrogens is 289 g/mol. The molecule has 102 valence electrons. The first-order valence-corrected chi connectivity index (χ1v) is 7.82. The maximum Gasteiger partial charge on any atom is 0.240 e. The van der Waals surface area contributed by atoms with Crippen LogP contribution in [0.1, 0.15) is 11.0 Å². The SMILES string of the molecule is O=S(=O)(NCC(O)c1cccs1)c1ccc(F)cc1. The second-order valence-corrected chi connectivity index (χ2v) is 6.58. The summed E-state index contributed by atoms with van der Waals surface area (Å²) < 4.78 is 38.8. The topological polar surface area (TPSA) is 66.4 Å². The Morgan fingerprint density at radius 1 is 1.26 bits per heavy atom. The van der Waals surface area contributed by atoms with Gasteiger partial charge < -0.3 is 5.11 Å². The minimum absolute atomic E-state index is 0.0349. The Kier molecular flexibility index (Phi) is 4.31. The second kappa shape index (κ2) is 5.79. The molecule has 1 unspecified atom stereocenters. The van der Waals surface area contributed by atoms with Gasteiger partial charge >= 0.3 is 0 Å². The van der Waals surface area contributed by atoms with Gasteiger partial charge in [0.1, 0.15) is 11.9 Å². The first-order chi connectivity index (χ1) is 8.99. The van der Waals surface area contributed by atoms with E-state index in [-0.39, 0.29) is 11.4 Å². The van der Waals surface area contributed by atoms with Gasteiger partial charge in [0.15, 0.2) is 0 Å². The molecule has 0 fully saturated rings. The third-order valence-corrected chi connectivity index (χ3v) is 4.88. The lowest BCUT2D eigenvalue weighted by atomic mass is 10.3. The van der Waals surface area contributed by atoms with E-state index in [1.807, 2.05) is 0 Å². The van der Waals surface area contributed by atoms with Crippen LogP contribution in [0.4, 0.5) is 4.39 Å². The number of hydrogen-bond acceptors (Lipinski definition) is 4. The maximum atomic E-state index is 12.7. The average Bonchev–Trinajstić information content (AvgIpc) is 2.90. The third kappa shape index (κ3) is 3.60. The molecule has 0 aliphatic heterocycles. The molecule has 19 heavy (non-hydrogen) atoms. The van der Waals surface area contributed by atoms with Crippen LogP contribution in [-0.4, -0.2) is 20.1 Å². The van der Waals surface area contributed by atoms with Crippen molar-refractivity contribution < 1.29 is 17.9 Å². The van der Waals surface area contributed by atoms with Crippen molar-refractivity contribution in [3.05, 3.63) is 52.5 Å². The van der Waals surface area contributed by atoms with E-state index < -0.39 is 21.9 Å². The summed E-state index contributed by atoms with van der Waals surface area (Å²) in [6.07, 6.45) is -0.893.